The Labute approximate surface area is 68.1 Å². The van der Waals surface area contributed by atoms with Crippen molar-refractivity contribution in [3.8, 4) is 0 Å². The van der Waals surface area contributed by atoms with E-state index in [1.807, 2.05) is 0 Å². The highest BCUT2D eigenvalue weighted by Gasteiger charge is 2.42. The van der Waals surface area contributed by atoms with Gasteiger partial charge in [-0.3, -0.25) is 0 Å². The molecule has 1 N–H and O–H groups in total. The van der Waals surface area contributed by atoms with E-state index in [1.54, 1.807) is 0 Å². The quantitative estimate of drug-likeness (QED) is 0.527. The van der Waals surface area contributed by atoms with E-state index in [2.05, 4.69) is 19.9 Å². The second-order valence-electron chi connectivity index (χ2n) is 4.38. The van der Waals surface area contributed by atoms with Crippen molar-refractivity contribution in [3.63, 3.8) is 0 Å². The maximum absolute atomic E-state index is 9.73. The zero-order valence-corrected chi connectivity index (χ0v) is 7.30. The average Bonchev–Trinajstić information content (AvgIpc) is 1.92. The summed E-state index contributed by atoms with van der Waals surface area (Å²) < 4.78 is 0. The molecule has 0 aromatic carbocycles. The van der Waals surface area contributed by atoms with Gasteiger partial charge in [0, 0.05) is 5.41 Å². The molecule has 0 radical (unpaired) electrons. The van der Waals surface area contributed by atoms with Gasteiger partial charge in [-0.2, -0.15) is 0 Å². The zero-order valence-electron chi connectivity index (χ0n) is 7.30. The van der Waals surface area contributed by atoms with Crippen LogP contribution in [0.15, 0.2) is 11.6 Å². The molecule has 3 rings (SSSR count). The molecule has 0 saturated heterocycles. The van der Waals surface area contributed by atoms with E-state index in [9.17, 15) is 5.11 Å². The van der Waals surface area contributed by atoms with Gasteiger partial charge in [-0.05, 0) is 32.1 Å². The molecule has 1 heteroatoms. The molecular weight excluding hydrogens is 136 g/mol. The van der Waals surface area contributed by atoms with Crippen LogP contribution >= 0.6 is 0 Å². The SMILES string of the molecule is CC1=C[C@]2(C)CC[C@H]1C[C@@H]2O. The fourth-order valence-electron chi connectivity index (χ4n) is 2.53. The molecule has 0 heterocycles. The monoisotopic (exact) mass is 152 g/mol. The molecule has 0 unspecified atom stereocenters. The Morgan fingerprint density at radius 2 is 2.36 bits per heavy atom. The van der Waals surface area contributed by atoms with Crippen LogP contribution < -0.4 is 0 Å². The molecule has 3 atom stereocenters. The van der Waals surface area contributed by atoms with Crippen LogP contribution in [-0.2, 0) is 0 Å². The van der Waals surface area contributed by atoms with Crippen LogP contribution in [-0.4, -0.2) is 11.2 Å². The third-order valence-electron chi connectivity index (χ3n) is 3.50. The van der Waals surface area contributed by atoms with Gasteiger partial charge in [0.05, 0.1) is 6.10 Å². The summed E-state index contributed by atoms with van der Waals surface area (Å²) >= 11 is 0. The summed E-state index contributed by atoms with van der Waals surface area (Å²) in [6.07, 6.45) is 5.67. The van der Waals surface area contributed by atoms with E-state index in [4.69, 9.17) is 0 Å². The number of rotatable bonds is 0. The Morgan fingerprint density at radius 1 is 1.64 bits per heavy atom. The lowest BCUT2D eigenvalue weighted by Crippen LogP contribution is -2.41. The van der Waals surface area contributed by atoms with Gasteiger partial charge in [0.15, 0.2) is 0 Å². The number of fused-ring (bicyclic) bond motifs is 2. The maximum atomic E-state index is 9.73. The summed E-state index contributed by atoms with van der Waals surface area (Å²) in [4.78, 5) is 0. The van der Waals surface area contributed by atoms with Crippen LogP contribution in [0.1, 0.15) is 33.1 Å². The smallest absolute Gasteiger partial charge is 0.0634 e. The summed E-state index contributed by atoms with van der Waals surface area (Å²) in [5.74, 6) is 0.687. The van der Waals surface area contributed by atoms with Gasteiger partial charge in [-0.25, -0.2) is 0 Å². The molecular formula is C10H16O. The van der Waals surface area contributed by atoms with Crippen molar-refractivity contribution in [2.45, 2.75) is 39.2 Å². The van der Waals surface area contributed by atoms with E-state index in [1.165, 1.54) is 18.4 Å². The van der Waals surface area contributed by atoms with E-state index < -0.39 is 0 Å². The zero-order chi connectivity index (χ0) is 8.06. The van der Waals surface area contributed by atoms with E-state index in [0.29, 0.717) is 5.92 Å². The second-order valence-corrected chi connectivity index (χ2v) is 4.38. The lowest BCUT2D eigenvalue weighted by Gasteiger charge is -2.45. The fourth-order valence-corrected chi connectivity index (χ4v) is 2.53. The third kappa shape index (κ3) is 0.943. The Bertz CT molecular complexity index is 207. The Balaban J connectivity index is 2.37. The van der Waals surface area contributed by atoms with Crippen LogP contribution in [0.25, 0.3) is 0 Å². The largest absolute Gasteiger partial charge is 0.392 e. The van der Waals surface area contributed by atoms with Gasteiger partial charge in [0.1, 0.15) is 0 Å². The number of aliphatic hydroxyl groups excluding tert-OH is 1. The molecule has 62 valence electrons. The fraction of sp³-hybridized carbons (Fsp3) is 0.800. The van der Waals surface area contributed by atoms with Crippen molar-refractivity contribution in [1.82, 2.24) is 0 Å². The molecule has 1 fully saturated rings. The van der Waals surface area contributed by atoms with Crippen LogP contribution in [0.5, 0.6) is 0 Å². The molecule has 0 aromatic rings. The molecule has 0 spiro atoms. The van der Waals surface area contributed by atoms with Crippen LogP contribution in [0.4, 0.5) is 0 Å². The second kappa shape index (κ2) is 2.10. The number of hydrogen-bond donors (Lipinski definition) is 1. The first-order valence-electron chi connectivity index (χ1n) is 4.49. The minimum absolute atomic E-state index is 0.0788. The minimum Gasteiger partial charge on any atom is -0.392 e. The molecule has 2 bridgehead atoms. The molecule has 0 amide bonds. The number of allylic oxidation sites excluding steroid dienone is 1. The Kier molecular flexibility index (Phi) is 1.40. The molecule has 11 heavy (non-hydrogen) atoms. The highest BCUT2D eigenvalue weighted by molar-refractivity contribution is 5.20. The lowest BCUT2D eigenvalue weighted by molar-refractivity contribution is 0.00360. The third-order valence-corrected chi connectivity index (χ3v) is 3.50. The lowest BCUT2D eigenvalue weighted by atomic mass is 9.62. The Morgan fingerprint density at radius 3 is 2.73 bits per heavy atom. The summed E-state index contributed by atoms with van der Waals surface area (Å²) in [6.45, 7) is 4.38. The van der Waals surface area contributed by atoms with Crippen LogP contribution in [0.3, 0.4) is 0 Å². The highest BCUT2D eigenvalue weighted by atomic mass is 16.3. The van der Waals surface area contributed by atoms with Gasteiger partial charge >= 0.3 is 0 Å². The van der Waals surface area contributed by atoms with Crippen molar-refractivity contribution in [3.05, 3.63) is 11.6 Å². The first kappa shape index (κ1) is 7.35. The van der Waals surface area contributed by atoms with Crippen LogP contribution in [0, 0.1) is 11.3 Å². The first-order valence-corrected chi connectivity index (χ1v) is 4.49. The van der Waals surface area contributed by atoms with Gasteiger partial charge in [-0.1, -0.05) is 18.6 Å². The Hall–Kier alpha value is -0.300. The van der Waals surface area contributed by atoms with Crippen molar-refractivity contribution >= 4 is 0 Å². The molecule has 0 aromatic heterocycles. The molecule has 0 aliphatic heterocycles. The summed E-state index contributed by atoms with van der Waals surface area (Å²) in [7, 11) is 0. The molecule has 1 saturated carbocycles. The van der Waals surface area contributed by atoms with Gasteiger partial charge in [0.2, 0.25) is 0 Å². The normalized spacial score (nSPS) is 49.2. The maximum Gasteiger partial charge on any atom is 0.0634 e. The van der Waals surface area contributed by atoms with Crippen LogP contribution in [0.2, 0.25) is 0 Å². The number of aliphatic hydroxyl groups is 1. The average molecular weight is 152 g/mol. The van der Waals surface area contributed by atoms with E-state index in [-0.39, 0.29) is 11.5 Å². The predicted octanol–water partition coefficient (Wildman–Crippen LogP) is 2.11. The van der Waals surface area contributed by atoms with Gasteiger partial charge in [0.25, 0.3) is 0 Å². The van der Waals surface area contributed by atoms with Gasteiger partial charge in [-0.15, -0.1) is 0 Å². The minimum atomic E-state index is -0.0788. The molecule has 1 nitrogen and oxygen atoms in total. The summed E-state index contributed by atoms with van der Waals surface area (Å²) in [5.41, 5.74) is 1.61. The van der Waals surface area contributed by atoms with E-state index in [0.717, 1.165) is 6.42 Å². The van der Waals surface area contributed by atoms with Crippen molar-refractivity contribution in [2.24, 2.45) is 11.3 Å². The molecule has 3 aliphatic carbocycles. The van der Waals surface area contributed by atoms with Crippen molar-refractivity contribution < 1.29 is 5.11 Å². The van der Waals surface area contributed by atoms with Crippen molar-refractivity contribution in [1.29, 1.82) is 0 Å². The van der Waals surface area contributed by atoms with E-state index >= 15 is 0 Å². The standard InChI is InChI=1S/C10H16O/c1-7-6-10(2)4-3-8(7)5-9(10)11/h6,8-9,11H,3-5H2,1-2H3/t8-,9-,10-/m0/s1. The number of hydrogen-bond acceptors (Lipinski definition) is 1. The predicted molar refractivity (Wildman–Crippen MR) is 45.2 cm³/mol. The van der Waals surface area contributed by atoms with Gasteiger partial charge < -0.3 is 5.11 Å². The van der Waals surface area contributed by atoms with Crippen molar-refractivity contribution in [2.75, 3.05) is 0 Å². The topological polar surface area (TPSA) is 20.2 Å². The summed E-state index contributed by atoms with van der Waals surface area (Å²) in [6, 6.07) is 0. The molecule has 3 aliphatic rings. The highest BCUT2D eigenvalue weighted by Crippen LogP contribution is 2.48. The first-order chi connectivity index (χ1) is 5.12. The summed E-state index contributed by atoms with van der Waals surface area (Å²) in [5, 5.41) is 9.73.